The van der Waals surface area contributed by atoms with Gasteiger partial charge in [-0.25, -0.2) is 0 Å². The number of hydrogen-bond acceptors (Lipinski definition) is 2. The summed E-state index contributed by atoms with van der Waals surface area (Å²) < 4.78 is 5.69. The number of ether oxygens (including phenoxy) is 1. The number of benzene rings is 1. The van der Waals surface area contributed by atoms with Gasteiger partial charge in [-0.1, -0.05) is 30.3 Å². The van der Waals surface area contributed by atoms with E-state index in [1.54, 1.807) is 0 Å². The Balaban J connectivity index is 2.19. The minimum atomic E-state index is 0.242. The number of nitrogens with zero attached hydrogens (tertiary/aromatic N) is 1. The van der Waals surface area contributed by atoms with Crippen molar-refractivity contribution in [1.29, 1.82) is 0 Å². The summed E-state index contributed by atoms with van der Waals surface area (Å²) in [5.74, 6) is 0. The maximum absolute atomic E-state index is 5.69. The fourth-order valence-electron chi connectivity index (χ4n) is 1.70. The molecule has 70 valence electrons. The molecule has 1 aliphatic rings. The minimum Gasteiger partial charge on any atom is -0.357 e. The van der Waals surface area contributed by atoms with Crippen LogP contribution in [0.2, 0.25) is 0 Å². The average Bonchev–Trinajstić information content (AvgIpc) is 2.49. The van der Waals surface area contributed by atoms with Crippen LogP contribution in [0.1, 0.15) is 18.6 Å². The molecule has 2 nitrogen and oxygen atoms in total. The molecule has 13 heavy (non-hydrogen) atoms. The third-order valence-electron chi connectivity index (χ3n) is 2.72. The monoisotopic (exact) mass is 177 g/mol. The van der Waals surface area contributed by atoms with E-state index in [4.69, 9.17) is 4.74 Å². The fraction of sp³-hybridized carbons (Fsp3) is 0.455. The number of hydrogen-bond donors (Lipinski definition) is 0. The van der Waals surface area contributed by atoms with E-state index in [-0.39, 0.29) is 6.10 Å². The topological polar surface area (TPSA) is 12.5 Å². The summed E-state index contributed by atoms with van der Waals surface area (Å²) in [6, 6.07) is 10.9. The zero-order valence-corrected chi connectivity index (χ0v) is 8.10. The van der Waals surface area contributed by atoms with E-state index in [2.05, 4.69) is 43.1 Å². The van der Waals surface area contributed by atoms with Crippen molar-refractivity contribution in [3.8, 4) is 0 Å². The Labute approximate surface area is 79.1 Å². The predicted octanol–water partition coefficient (Wildman–Crippen LogP) is 2.04. The van der Waals surface area contributed by atoms with Gasteiger partial charge in [0.1, 0.15) is 0 Å². The molecule has 1 saturated heterocycles. The Morgan fingerprint density at radius 1 is 1.31 bits per heavy atom. The zero-order valence-electron chi connectivity index (χ0n) is 8.10. The van der Waals surface area contributed by atoms with E-state index >= 15 is 0 Å². The van der Waals surface area contributed by atoms with Crippen molar-refractivity contribution in [1.82, 2.24) is 4.90 Å². The Kier molecular flexibility index (Phi) is 2.34. The Morgan fingerprint density at radius 2 is 2.00 bits per heavy atom. The lowest BCUT2D eigenvalue weighted by Crippen LogP contribution is -2.24. The van der Waals surface area contributed by atoms with Crippen LogP contribution in [0, 0.1) is 0 Å². The highest BCUT2D eigenvalue weighted by Gasteiger charge is 2.29. The molecule has 0 aromatic heterocycles. The summed E-state index contributed by atoms with van der Waals surface area (Å²) in [5, 5.41) is 0. The van der Waals surface area contributed by atoms with Crippen LogP contribution in [0.3, 0.4) is 0 Å². The maximum atomic E-state index is 5.69. The lowest BCUT2D eigenvalue weighted by Gasteiger charge is -2.17. The normalized spacial score (nSPS) is 29.4. The summed E-state index contributed by atoms with van der Waals surface area (Å²) >= 11 is 0. The van der Waals surface area contributed by atoms with Crippen LogP contribution in [0.5, 0.6) is 0 Å². The standard InChI is InChI=1S/C11H15NO/c1-9-11(13-8-12(9)2)10-6-4-3-5-7-10/h3-7,9,11H,8H2,1-2H3. The van der Waals surface area contributed by atoms with E-state index in [1.165, 1.54) is 5.56 Å². The Morgan fingerprint density at radius 3 is 2.54 bits per heavy atom. The van der Waals surface area contributed by atoms with Gasteiger partial charge in [0.2, 0.25) is 0 Å². The van der Waals surface area contributed by atoms with Crippen LogP contribution in [-0.4, -0.2) is 24.7 Å². The first kappa shape index (κ1) is 8.73. The van der Waals surface area contributed by atoms with Gasteiger partial charge in [0, 0.05) is 6.04 Å². The molecule has 2 heteroatoms. The van der Waals surface area contributed by atoms with Crippen LogP contribution in [0.25, 0.3) is 0 Å². The largest absolute Gasteiger partial charge is 0.357 e. The van der Waals surface area contributed by atoms with Gasteiger partial charge in [0.25, 0.3) is 0 Å². The molecule has 1 aromatic rings. The van der Waals surface area contributed by atoms with Crippen LogP contribution >= 0.6 is 0 Å². The highest BCUT2D eigenvalue weighted by atomic mass is 16.5. The summed E-state index contributed by atoms with van der Waals surface area (Å²) in [4.78, 5) is 2.22. The molecule has 0 amide bonds. The quantitative estimate of drug-likeness (QED) is 0.651. The van der Waals surface area contributed by atoms with Crippen molar-refractivity contribution >= 4 is 0 Å². The van der Waals surface area contributed by atoms with Crippen LogP contribution in [-0.2, 0) is 4.74 Å². The van der Waals surface area contributed by atoms with Crippen molar-refractivity contribution in [2.75, 3.05) is 13.8 Å². The molecule has 0 radical (unpaired) electrons. The minimum absolute atomic E-state index is 0.242. The van der Waals surface area contributed by atoms with Gasteiger partial charge in [-0.3, -0.25) is 4.90 Å². The summed E-state index contributed by atoms with van der Waals surface area (Å²) in [7, 11) is 2.09. The van der Waals surface area contributed by atoms with Crippen molar-refractivity contribution in [2.45, 2.75) is 19.1 Å². The Hall–Kier alpha value is -0.860. The third-order valence-corrected chi connectivity index (χ3v) is 2.72. The van der Waals surface area contributed by atoms with Gasteiger partial charge in [-0.05, 0) is 19.5 Å². The first-order chi connectivity index (χ1) is 6.29. The van der Waals surface area contributed by atoms with Gasteiger partial charge >= 0.3 is 0 Å². The number of likely N-dealkylation sites (N-methyl/N-ethyl adjacent to an activating group) is 1. The number of rotatable bonds is 1. The van der Waals surface area contributed by atoms with E-state index < -0.39 is 0 Å². The molecular formula is C11H15NO. The lowest BCUT2D eigenvalue weighted by atomic mass is 10.0. The van der Waals surface area contributed by atoms with Crippen LogP contribution in [0.15, 0.2) is 30.3 Å². The van der Waals surface area contributed by atoms with E-state index in [0.29, 0.717) is 6.04 Å². The average molecular weight is 177 g/mol. The molecule has 1 aliphatic heterocycles. The van der Waals surface area contributed by atoms with Gasteiger partial charge in [-0.15, -0.1) is 0 Å². The molecule has 1 fully saturated rings. The Bertz CT molecular complexity index is 273. The first-order valence-corrected chi connectivity index (χ1v) is 4.66. The van der Waals surface area contributed by atoms with Gasteiger partial charge in [0.05, 0.1) is 12.8 Å². The molecule has 1 heterocycles. The smallest absolute Gasteiger partial charge is 0.1000 e. The molecule has 0 N–H and O–H groups in total. The molecule has 0 bridgehead atoms. The molecule has 2 unspecified atom stereocenters. The molecule has 0 aliphatic carbocycles. The van der Waals surface area contributed by atoms with Crippen molar-refractivity contribution in [3.05, 3.63) is 35.9 Å². The molecule has 2 rings (SSSR count). The van der Waals surface area contributed by atoms with Gasteiger partial charge in [0.15, 0.2) is 0 Å². The molecular weight excluding hydrogens is 162 g/mol. The first-order valence-electron chi connectivity index (χ1n) is 4.66. The highest BCUT2D eigenvalue weighted by molar-refractivity contribution is 5.19. The summed E-state index contributed by atoms with van der Waals surface area (Å²) in [6.07, 6.45) is 0.242. The van der Waals surface area contributed by atoms with E-state index in [9.17, 15) is 0 Å². The van der Waals surface area contributed by atoms with Gasteiger partial charge in [-0.2, -0.15) is 0 Å². The zero-order chi connectivity index (χ0) is 9.26. The summed E-state index contributed by atoms with van der Waals surface area (Å²) in [5.41, 5.74) is 1.28. The lowest BCUT2D eigenvalue weighted by molar-refractivity contribution is 0.0933. The molecule has 0 spiro atoms. The van der Waals surface area contributed by atoms with E-state index in [1.807, 2.05) is 6.07 Å². The summed E-state index contributed by atoms with van der Waals surface area (Å²) in [6.45, 7) is 2.94. The molecule has 1 aromatic carbocycles. The van der Waals surface area contributed by atoms with Crippen LogP contribution < -0.4 is 0 Å². The van der Waals surface area contributed by atoms with Gasteiger partial charge < -0.3 is 4.74 Å². The fourth-order valence-corrected chi connectivity index (χ4v) is 1.70. The van der Waals surface area contributed by atoms with E-state index in [0.717, 1.165) is 6.73 Å². The van der Waals surface area contributed by atoms with Crippen molar-refractivity contribution < 1.29 is 4.74 Å². The second-order valence-electron chi connectivity index (χ2n) is 3.62. The SMILES string of the molecule is CC1C(c2ccccc2)OCN1C. The van der Waals surface area contributed by atoms with Crippen molar-refractivity contribution in [3.63, 3.8) is 0 Å². The molecule has 2 atom stereocenters. The second kappa shape index (κ2) is 3.48. The third kappa shape index (κ3) is 1.60. The molecule has 0 saturated carbocycles. The van der Waals surface area contributed by atoms with Crippen molar-refractivity contribution in [2.24, 2.45) is 0 Å². The maximum Gasteiger partial charge on any atom is 0.1000 e. The van der Waals surface area contributed by atoms with Crippen LogP contribution in [0.4, 0.5) is 0 Å². The highest BCUT2D eigenvalue weighted by Crippen LogP contribution is 2.29. The predicted molar refractivity (Wildman–Crippen MR) is 52.4 cm³/mol. The second-order valence-corrected chi connectivity index (χ2v) is 3.62.